The van der Waals surface area contributed by atoms with E-state index in [1.165, 1.54) is 56.1 Å². The zero-order chi connectivity index (χ0) is 88.2. The molecule has 8 aliphatic carbocycles. The van der Waals surface area contributed by atoms with E-state index in [0.717, 1.165) is 89.4 Å². The number of hydrogen-bond acceptors (Lipinski definition) is 20. The number of allylic oxidation sites excluding steroid dienone is 2. The summed E-state index contributed by atoms with van der Waals surface area (Å²) in [5.74, 6) is 5.10. The lowest BCUT2D eigenvalue weighted by atomic mass is 9.47. The lowest BCUT2D eigenvalue weighted by Gasteiger charge is -2.59. The molecule has 2 N–H and O–H groups in total. The number of hydrogen-bond donors (Lipinski definition) is 2. The second kappa shape index (κ2) is 35.4. The van der Waals surface area contributed by atoms with E-state index >= 15 is 0 Å². The third-order valence-electron chi connectivity index (χ3n) is 38.0. The van der Waals surface area contributed by atoms with Gasteiger partial charge in [-0.05, 0) is 240 Å². The molecule has 126 heavy (non-hydrogen) atoms. The molecule has 9 aliphatic heterocycles. The van der Waals surface area contributed by atoms with Crippen LogP contribution in [0.15, 0.2) is 108 Å². The zero-order valence-electron chi connectivity index (χ0n) is 78.4. The molecule has 0 aromatic heterocycles. The maximum Gasteiger partial charge on any atom is 0.338 e. The lowest BCUT2D eigenvalue weighted by molar-refractivity contribution is -0.385. The average molecular weight is 1740 g/mol. The van der Waals surface area contributed by atoms with Crippen molar-refractivity contribution in [3.05, 3.63) is 130 Å². The van der Waals surface area contributed by atoms with Crippen molar-refractivity contribution in [1.82, 2.24) is 0 Å². The van der Waals surface area contributed by atoms with Crippen LogP contribution in [0.2, 0.25) is 0 Å². The Bertz CT molecular complexity index is 4350. The monoisotopic (exact) mass is 1740 g/mol. The van der Waals surface area contributed by atoms with E-state index in [1.54, 1.807) is 29.8 Å². The van der Waals surface area contributed by atoms with Crippen LogP contribution in [-0.4, -0.2) is 171 Å². The predicted molar refractivity (Wildman–Crippen MR) is 473 cm³/mol. The van der Waals surface area contributed by atoms with Crippen molar-refractivity contribution in [2.24, 2.45) is 128 Å². The van der Waals surface area contributed by atoms with Crippen LogP contribution < -0.4 is 0 Å². The van der Waals surface area contributed by atoms with Gasteiger partial charge in [0.2, 0.25) is 0 Å². The summed E-state index contributed by atoms with van der Waals surface area (Å²) in [6.45, 7) is 40.2. The molecule has 20 rings (SSSR count). The summed E-state index contributed by atoms with van der Waals surface area (Å²) in [6, 6.07) is 26.5. The number of carbonyl (C=O) groups excluding carboxylic acids is 2. The van der Waals surface area contributed by atoms with Crippen molar-refractivity contribution in [2.75, 3.05) is 26.4 Å². The Morgan fingerprint density at radius 2 is 0.905 bits per heavy atom. The topological polar surface area (TPSA) is 222 Å². The molecule has 0 amide bonds. The summed E-state index contributed by atoms with van der Waals surface area (Å²) in [4.78, 5) is 27.0. The van der Waals surface area contributed by atoms with E-state index in [9.17, 15) is 19.8 Å². The van der Waals surface area contributed by atoms with Crippen LogP contribution in [0.4, 0.5) is 0 Å². The maximum atomic E-state index is 13.6. The van der Waals surface area contributed by atoms with Crippen LogP contribution in [0.1, 0.15) is 264 Å². The number of aliphatic hydroxyl groups excluding tert-OH is 2. The van der Waals surface area contributed by atoms with Crippen LogP contribution in [0.3, 0.4) is 0 Å². The highest BCUT2D eigenvalue weighted by Gasteiger charge is 2.72. The SMILES string of the molecule is CC1OC(OC2[C@H](O[C@H]3CC[C@@]4(C)C(=CC[C@H]5[C@@H]6C[C@@H]7O[C@]8(CC[C@@H](C)CO8)[C@@H](C)[C@@H]7[C@@]6(C)CC[C@@H]54)C3)OC(CO)[C@@H](O)[C@@H]2C)C(OC(=O)c2ccccc2)C(C)C1C.Cc1ccc(C2OCC3O[C@@H](O[C@H]4CC[C@@]5(C)C(=CC[C@H]6[C@@H]7C[C@@H]8O[C@]9(CC[C@@H](C)CO9)[C@@H](C)[C@@H]8[C@@]7(C)CC[C@@H]65)C4)C(OC4OC(C)C(C)C(C)C4OC(=O)c4ccccc4)[C@@H](C)[C@@H]3O2)cc1. The first-order valence-corrected chi connectivity index (χ1v) is 49.7. The van der Waals surface area contributed by atoms with E-state index < -0.39 is 85.9 Å². The van der Waals surface area contributed by atoms with E-state index in [4.69, 9.17) is 75.8 Å². The first kappa shape index (κ1) is 90.6. The van der Waals surface area contributed by atoms with Gasteiger partial charge in [-0.1, -0.05) is 186 Å². The van der Waals surface area contributed by atoms with Gasteiger partial charge in [-0.25, -0.2) is 9.59 Å². The predicted octanol–water partition coefficient (Wildman–Crippen LogP) is 19.2. The standard InChI is InChI=1S/C57H78O10.C49H72O10/c1-31-15-17-39(18-16-31)52-59-30-46-48(65-52)35(5)50(66-53-49(34(4)33(3)37(7)61-53)64-51(58)38-13-11-10-12-14-38)54(63-46)62-41-22-24-55(8)40(27-41)19-20-42-43(55)23-25-56(9)44(42)28-45-47(56)36(6)57(67-45)26-21-32(2)29-60-57;1-26-16-21-49(53-25-26)30(5)40-38(59-49)23-37-35-15-14-33-22-34(17-19-47(33,7)36(35)18-20-48(37,40)8)55-46-43(29(4)41(51)39(24-50)56-46)58-45-42(28(3)27(2)31(6)54-45)57-44(52)32-12-10-9-11-13-32/h10-19,32-37,41-50,52-54H,20-30H2,1-9H3;9-14,26-31,34-43,45-46,50-51H,15-25H2,1-8H3/t32-,33?,34?,35+,36+,37?,41+,42-,43+,44+,45+,46?,47+,48+,49?,50?,52?,53?,54-,55+,56+,57-;26-,27?,28?,29+,30+,31?,34+,35-,36+,37+,38+,39?,40+,41+,42?,43?,45?,46-,47+,48+,49-/m11/s1. The van der Waals surface area contributed by atoms with E-state index in [1.807, 2.05) is 50.2 Å². The molecule has 3 aromatic rings. The Balaban J connectivity index is 0.000000166. The van der Waals surface area contributed by atoms with E-state index in [2.05, 4.69) is 140 Å². The summed E-state index contributed by atoms with van der Waals surface area (Å²) in [7, 11) is 0. The van der Waals surface area contributed by atoms with Crippen molar-refractivity contribution in [2.45, 2.75) is 362 Å². The Kier molecular flexibility index (Phi) is 25.4. The molecule has 15 unspecified atom stereocenters. The number of carbonyl (C=O) groups is 2. The molecule has 2 spiro atoms. The average Bonchev–Trinajstić information content (AvgIpc) is 1.53. The molecule has 9 saturated heterocycles. The largest absolute Gasteiger partial charge is 0.453 e. The summed E-state index contributed by atoms with van der Waals surface area (Å²) in [6.07, 6.45) is 16.2. The number of rotatable bonds is 14. The molecule has 9 heterocycles. The molecular formula is C106H150O20. The van der Waals surface area contributed by atoms with Crippen LogP contribution in [0.25, 0.3) is 0 Å². The molecular weight excluding hydrogens is 1590 g/mol. The van der Waals surface area contributed by atoms with Gasteiger partial charge in [-0.3, -0.25) is 0 Å². The molecule has 0 bridgehead atoms. The van der Waals surface area contributed by atoms with Crippen LogP contribution in [0, 0.1) is 135 Å². The third kappa shape index (κ3) is 15.9. The van der Waals surface area contributed by atoms with Crippen molar-refractivity contribution in [3.63, 3.8) is 0 Å². The molecule has 0 radical (unpaired) electrons. The van der Waals surface area contributed by atoms with Crippen molar-refractivity contribution >= 4 is 11.9 Å². The Morgan fingerprint density at radius 3 is 1.36 bits per heavy atom. The maximum absolute atomic E-state index is 13.6. The highest BCUT2D eigenvalue weighted by Crippen LogP contribution is 2.73. The van der Waals surface area contributed by atoms with Gasteiger partial charge in [0.15, 0.2) is 55.2 Å². The Labute approximate surface area is 750 Å². The Hall–Kier alpha value is -4.56. The molecule has 15 fully saturated rings. The minimum atomic E-state index is -0.981. The molecule has 694 valence electrons. The second-order valence-corrected chi connectivity index (χ2v) is 44.7. The first-order valence-electron chi connectivity index (χ1n) is 49.7. The van der Waals surface area contributed by atoms with Gasteiger partial charge in [0.05, 0.1) is 86.4 Å². The number of aliphatic hydroxyl groups is 2. The van der Waals surface area contributed by atoms with Crippen LogP contribution in [-0.2, 0) is 75.8 Å². The smallest absolute Gasteiger partial charge is 0.338 e. The van der Waals surface area contributed by atoms with Crippen LogP contribution in [0.5, 0.6) is 0 Å². The third-order valence-corrected chi connectivity index (χ3v) is 38.0. The number of ether oxygens (including phenoxy) is 16. The lowest BCUT2D eigenvalue weighted by Crippen LogP contribution is -2.62. The summed E-state index contributed by atoms with van der Waals surface area (Å²) in [5, 5.41) is 21.6. The van der Waals surface area contributed by atoms with Gasteiger partial charge in [0.25, 0.3) is 0 Å². The minimum absolute atomic E-state index is 0.0273. The normalized spacial score (nSPS) is 50.4. The quantitative estimate of drug-likeness (QED) is 0.113. The molecule has 20 heteroatoms. The number of fused-ring (bicyclic) bond motifs is 15. The highest BCUT2D eigenvalue weighted by molar-refractivity contribution is 5.90. The number of aryl methyl sites for hydroxylation is 1. The second-order valence-electron chi connectivity index (χ2n) is 44.7. The highest BCUT2D eigenvalue weighted by atomic mass is 16.8. The Morgan fingerprint density at radius 1 is 0.452 bits per heavy atom. The van der Waals surface area contributed by atoms with Gasteiger partial charge in [-0.2, -0.15) is 0 Å². The van der Waals surface area contributed by atoms with Gasteiger partial charge < -0.3 is 86.0 Å². The van der Waals surface area contributed by atoms with Crippen LogP contribution >= 0.6 is 0 Å². The number of esters is 2. The zero-order valence-corrected chi connectivity index (χ0v) is 78.4. The van der Waals surface area contributed by atoms with Gasteiger partial charge in [0.1, 0.15) is 24.4 Å². The first-order chi connectivity index (χ1) is 60.3. The van der Waals surface area contributed by atoms with Gasteiger partial charge >= 0.3 is 11.9 Å². The van der Waals surface area contributed by atoms with Crippen molar-refractivity contribution < 1.29 is 95.6 Å². The van der Waals surface area contributed by atoms with Crippen molar-refractivity contribution in [1.29, 1.82) is 0 Å². The molecule has 3 aromatic carbocycles. The molecule has 6 saturated carbocycles. The summed E-state index contributed by atoms with van der Waals surface area (Å²) >= 11 is 0. The fourth-order valence-corrected chi connectivity index (χ4v) is 29.6. The summed E-state index contributed by atoms with van der Waals surface area (Å²) in [5.41, 5.74) is 7.00. The number of benzene rings is 3. The van der Waals surface area contributed by atoms with Gasteiger partial charge in [0, 0.05) is 53.9 Å². The van der Waals surface area contributed by atoms with Gasteiger partial charge in [-0.15, -0.1) is 0 Å². The van der Waals surface area contributed by atoms with E-state index in [-0.39, 0.29) is 106 Å². The van der Waals surface area contributed by atoms with E-state index in [0.29, 0.717) is 101 Å². The fraction of sp³-hybridized carbons (Fsp3) is 0.774. The minimum Gasteiger partial charge on any atom is -0.453 e. The fourth-order valence-electron chi connectivity index (χ4n) is 29.6. The molecule has 43 atom stereocenters. The van der Waals surface area contributed by atoms with Crippen molar-refractivity contribution in [3.8, 4) is 0 Å². The molecule has 17 aliphatic rings. The summed E-state index contributed by atoms with van der Waals surface area (Å²) < 4.78 is 108. The molecule has 20 nitrogen and oxygen atoms in total.